The van der Waals surface area contributed by atoms with Crippen molar-refractivity contribution in [3.63, 3.8) is 0 Å². The number of nitrogens with zero attached hydrogens (tertiary/aromatic N) is 2. The standard InChI is InChI=1S/C26H21BO2.C25H13N.C5H4BrN/c1-25(2)26(3,4)29-27(28-25)19-13-17-10-9-15-6-5-14-7-8-16-11-12-18(19)24-22(16)20(14)21(15)23(17)24;1-2-12-26-20(3-1)19-13-17-9-8-15-5-4-14-6-7-16-10-11-18(19)25-23(16)21(14)22(15)24(17)25;6-5-3-1-2-4-7-5/h5-13H,1-4H3;1-13H;1-4H. The lowest BCUT2D eigenvalue weighted by molar-refractivity contribution is 0.00578. The van der Waals surface area contributed by atoms with Crippen molar-refractivity contribution in [3.8, 4) is 11.3 Å². The summed E-state index contributed by atoms with van der Waals surface area (Å²) >= 11 is 3.20. The predicted molar refractivity (Wildman–Crippen MR) is 266 cm³/mol. The Balaban J connectivity index is 0.000000110. The van der Waals surface area contributed by atoms with Gasteiger partial charge in [-0.25, -0.2) is 4.98 Å². The first-order chi connectivity index (χ1) is 30.1. The predicted octanol–water partition coefficient (Wildman–Crippen LogP) is 14.7. The molecule has 0 saturated carbocycles. The summed E-state index contributed by atoms with van der Waals surface area (Å²) in [4.78, 5) is 8.53. The summed E-state index contributed by atoms with van der Waals surface area (Å²) in [6, 6.07) is 52.6. The summed E-state index contributed by atoms with van der Waals surface area (Å²) in [5.41, 5.74) is 2.69. The maximum absolute atomic E-state index is 6.46. The average molecular weight is 862 g/mol. The molecule has 1 saturated heterocycles. The van der Waals surface area contributed by atoms with Crippen LogP contribution in [-0.2, 0) is 9.31 Å². The summed E-state index contributed by atoms with van der Waals surface area (Å²) in [6.07, 6.45) is 3.62. The van der Waals surface area contributed by atoms with Crippen molar-refractivity contribution in [3.05, 3.63) is 163 Å². The van der Waals surface area contributed by atoms with Gasteiger partial charge in [-0.2, -0.15) is 0 Å². The number of halogens is 1. The number of benzene rings is 10. The summed E-state index contributed by atoms with van der Waals surface area (Å²) in [6.45, 7) is 8.47. The maximum Gasteiger partial charge on any atom is 0.495 e. The SMILES string of the molecule is Brc1ccccn1.CC1(C)OB(c2cc3ccc4ccc5ccc6ccc2c2c6c5c4c32)OC1(C)C.c1ccc(-c2cc3ccc4ccc5ccc6ccc2c2c6c5c4c32)nc1. The summed E-state index contributed by atoms with van der Waals surface area (Å²) in [7, 11) is -0.361. The zero-order valence-electron chi connectivity index (χ0n) is 34.7. The fourth-order valence-electron chi connectivity index (χ4n) is 10.6. The fourth-order valence-corrected chi connectivity index (χ4v) is 10.9. The molecule has 0 atom stereocenters. The third-order valence-electron chi connectivity index (χ3n) is 14.2. The van der Waals surface area contributed by atoms with Crippen LogP contribution in [0.15, 0.2) is 163 Å². The molecule has 15 rings (SSSR count). The zero-order chi connectivity index (χ0) is 41.6. The summed E-state index contributed by atoms with van der Waals surface area (Å²) in [5.74, 6) is 0. The number of hydrogen-bond donors (Lipinski definition) is 0. The number of rotatable bonds is 2. The largest absolute Gasteiger partial charge is 0.495 e. The van der Waals surface area contributed by atoms with Crippen molar-refractivity contribution < 1.29 is 9.31 Å². The smallest absolute Gasteiger partial charge is 0.399 e. The molecule has 2 aromatic heterocycles. The second-order valence-corrected chi connectivity index (χ2v) is 18.8. The number of hydrogen-bond acceptors (Lipinski definition) is 4. The van der Waals surface area contributed by atoms with Crippen LogP contribution >= 0.6 is 15.9 Å². The van der Waals surface area contributed by atoms with Crippen LogP contribution in [-0.4, -0.2) is 28.3 Å². The minimum atomic E-state index is -0.361. The maximum atomic E-state index is 6.46. The normalized spacial score (nSPS) is 15.3. The number of pyridine rings is 2. The molecule has 12 aromatic carbocycles. The van der Waals surface area contributed by atoms with Crippen molar-refractivity contribution in [1.82, 2.24) is 9.97 Å². The van der Waals surface area contributed by atoms with Crippen molar-refractivity contribution in [2.45, 2.75) is 38.9 Å². The Labute approximate surface area is 366 Å². The Hall–Kier alpha value is -6.44. The van der Waals surface area contributed by atoms with E-state index in [2.05, 4.69) is 175 Å². The molecule has 1 aliphatic heterocycles. The molecule has 0 spiro atoms. The Morgan fingerprint density at radius 1 is 0.403 bits per heavy atom. The first-order valence-electron chi connectivity index (χ1n) is 21.3. The lowest BCUT2D eigenvalue weighted by Gasteiger charge is -2.32. The first kappa shape index (κ1) is 36.2. The summed E-state index contributed by atoms with van der Waals surface area (Å²) in [5, 5.41) is 27.1. The van der Waals surface area contributed by atoms with Crippen LogP contribution in [0.2, 0.25) is 0 Å². The first-order valence-corrected chi connectivity index (χ1v) is 22.1. The Kier molecular flexibility index (Phi) is 7.49. The highest BCUT2D eigenvalue weighted by atomic mass is 79.9. The topological polar surface area (TPSA) is 44.2 Å². The number of aromatic nitrogens is 2. The van der Waals surface area contributed by atoms with E-state index in [0.29, 0.717) is 0 Å². The molecule has 0 unspecified atom stereocenters. The molecule has 62 heavy (non-hydrogen) atoms. The molecular formula is C56H38BBrN2O2. The van der Waals surface area contributed by atoms with Gasteiger partial charge < -0.3 is 9.31 Å². The molecule has 1 fully saturated rings. The van der Waals surface area contributed by atoms with E-state index in [9.17, 15) is 0 Å². The molecule has 4 nitrogen and oxygen atoms in total. The van der Waals surface area contributed by atoms with E-state index in [1.165, 1.54) is 113 Å². The van der Waals surface area contributed by atoms with E-state index in [0.717, 1.165) is 15.8 Å². The minimum absolute atomic E-state index is 0.351. The molecule has 3 heterocycles. The highest BCUT2D eigenvalue weighted by molar-refractivity contribution is 9.10. The van der Waals surface area contributed by atoms with Crippen LogP contribution in [0.4, 0.5) is 0 Å². The van der Waals surface area contributed by atoms with Gasteiger partial charge in [-0.1, -0.05) is 115 Å². The molecule has 294 valence electrons. The highest BCUT2D eigenvalue weighted by Gasteiger charge is 2.52. The fraction of sp³-hybridized carbons (Fsp3) is 0.107. The van der Waals surface area contributed by atoms with Crippen LogP contribution < -0.4 is 5.46 Å². The van der Waals surface area contributed by atoms with Gasteiger partial charge in [0, 0.05) is 18.0 Å². The molecule has 6 heteroatoms. The quantitative estimate of drug-likeness (QED) is 0.0987. The average Bonchev–Trinajstić information content (AvgIpc) is 3.93. The molecule has 14 aromatic rings. The van der Waals surface area contributed by atoms with Gasteiger partial charge in [0.25, 0.3) is 0 Å². The van der Waals surface area contributed by atoms with E-state index >= 15 is 0 Å². The second-order valence-electron chi connectivity index (χ2n) is 18.0. The Bertz CT molecular complexity index is 3850. The van der Waals surface area contributed by atoms with Gasteiger partial charge in [0.2, 0.25) is 0 Å². The van der Waals surface area contributed by atoms with Crippen LogP contribution in [0.1, 0.15) is 27.7 Å². The van der Waals surface area contributed by atoms with Gasteiger partial charge in [0.15, 0.2) is 0 Å². The third kappa shape index (κ3) is 4.97. The van der Waals surface area contributed by atoms with E-state index < -0.39 is 0 Å². The third-order valence-corrected chi connectivity index (χ3v) is 14.6. The zero-order valence-corrected chi connectivity index (χ0v) is 36.3. The van der Waals surface area contributed by atoms with Crippen molar-refractivity contribution in [1.29, 1.82) is 0 Å². The van der Waals surface area contributed by atoms with Crippen LogP contribution in [0, 0.1) is 0 Å². The highest BCUT2D eigenvalue weighted by Crippen LogP contribution is 2.51. The van der Waals surface area contributed by atoms with E-state index in [-0.39, 0.29) is 18.3 Å². The van der Waals surface area contributed by atoms with Gasteiger partial charge in [-0.15, -0.1) is 0 Å². The van der Waals surface area contributed by atoms with Gasteiger partial charge in [-0.05, 0) is 187 Å². The minimum Gasteiger partial charge on any atom is -0.399 e. The van der Waals surface area contributed by atoms with E-state index in [1.807, 2.05) is 30.5 Å². The van der Waals surface area contributed by atoms with Crippen molar-refractivity contribution >= 4 is 136 Å². The molecular weight excluding hydrogens is 823 g/mol. The van der Waals surface area contributed by atoms with Gasteiger partial charge in [0.1, 0.15) is 4.60 Å². The van der Waals surface area contributed by atoms with E-state index in [4.69, 9.17) is 9.31 Å². The monoisotopic (exact) mass is 860 g/mol. The summed E-state index contributed by atoms with van der Waals surface area (Å²) < 4.78 is 13.8. The van der Waals surface area contributed by atoms with Crippen LogP contribution in [0.5, 0.6) is 0 Å². The molecule has 0 N–H and O–H groups in total. The lowest BCUT2D eigenvalue weighted by atomic mass is 9.74. The molecule has 0 bridgehead atoms. The van der Waals surface area contributed by atoms with Crippen LogP contribution in [0.3, 0.4) is 0 Å². The lowest BCUT2D eigenvalue weighted by Crippen LogP contribution is -2.41. The van der Waals surface area contributed by atoms with Crippen LogP contribution in [0.25, 0.3) is 119 Å². The van der Waals surface area contributed by atoms with E-state index in [1.54, 1.807) is 6.20 Å². The van der Waals surface area contributed by atoms with Gasteiger partial charge in [0.05, 0.1) is 16.9 Å². The van der Waals surface area contributed by atoms with Gasteiger partial charge in [-0.3, -0.25) is 4.98 Å². The molecule has 0 aliphatic carbocycles. The second kappa shape index (κ2) is 12.8. The molecule has 1 aliphatic rings. The Morgan fingerprint density at radius 2 is 0.790 bits per heavy atom. The molecule has 0 radical (unpaired) electrons. The van der Waals surface area contributed by atoms with Gasteiger partial charge >= 0.3 is 7.12 Å². The van der Waals surface area contributed by atoms with Crippen molar-refractivity contribution in [2.24, 2.45) is 0 Å². The Morgan fingerprint density at radius 3 is 1.23 bits per heavy atom. The van der Waals surface area contributed by atoms with Crippen molar-refractivity contribution in [2.75, 3.05) is 0 Å². The molecule has 0 amide bonds.